The van der Waals surface area contributed by atoms with E-state index < -0.39 is 10.8 Å². The molecule has 0 spiro atoms. The molecule has 4 nitrogen and oxygen atoms in total. The van der Waals surface area contributed by atoms with Gasteiger partial charge in [0.25, 0.3) is 0 Å². The molecular formula is C44H55BrO4. The second-order valence-corrected chi connectivity index (χ2v) is 19.2. The van der Waals surface area contributed by atoms with Crippen LogP contribution in [-0.4, -0.2) is 23.5 Å². The van der Waals surface area contributed by atoms with Gasteiger partial charge in [-0.1, -0.05) is 105 Å². The first-order valence-electron chi connectivity index (χ1n) is 18.7. The summed E-state index contributed by atoms with van der Waals surface area (Å²) in [6.07, 6.45) is 13.0. The number of hydrogen-bond acceptors (Lipinski definition) is 4. The summed E-state index contributed by atoms with van der Waals surface area (Å²) >= 11 is 3.61. The van der Waals surface area contributed by atoms with Crippen molar-refractivity contribution in [2.45, 2.75) is 106 Å². The van der Waals surface area contributed by atoms with Crippen molar-refractivity contribution in [3.05, 3.63) is 87.4 Å². The van der Waals surface area contributed by atoms with Crippen LogP contribution in [0, 0.1) is 50.2 Å². The highest BCUT2D eigenvalue weighted by Gasteiger charge is 2.70. The average Bonchev–Trinajstić information content (AvgIpc) is 3.06. The minimum absolute atomic E-state index is 0.00165. The Morgan fingerprint density at radius 2 is 1.67 bits per heavy atom. The average molecular weight is 728 g/mol. The van der Waals surface area contributed by atoms with Gasteiger partial charge in [-0.3, -0.25) is 9.59 Å². The number of allylic oxidation sites excluding steroid dienone is 3. The number of Topliss-reactive ketones (excluding diaryl/α,β-unsaturated/α-hetero) is 1. The normalized spacial score (nSPS) is 40.3. The van der Waals surface area contributed by atoms with E-state index in [0.29, 0.717) is 12.5 Å². The highest BCUT2D eigenvalue weighted by atomic mass is 79.9. The van der Waals surface area contributed by atoms with E-state index in [0.717, 1.165) is 79.0 Å². The van der Waals surface area contributed by atoms with Gasteiger partial charge in [0.1, 0.15) is 6.61 Å². The van der Waals surface area contributed by atoms with Crippen molar-refractivity contribution in [3.8, 4) is 0 Å². The monoisotopic (exact) mass is 726 g/mol. The molecule has 49 heavy (non-hydrogen) atoms. The molecule has 0 saturated heterocycles. The van der Waals surface area contributed by atoms with E-state index in [1.165, 1.54) is 5.57 Å². The van der Waals surface area contributed by atoms with Crippen molar-refractivity contribution < 1.29 is 19.4 Å². The van der Waals surface area contributed by atoms with Gasteiger partial charge in [-0.15, -0.1) is 0 Å². The maximum absolute atomic E-state index is 14.3. The second kappa shape index (κ2) is 12.0. The molecule has 0 amide bonds. The van der Waals surface area contributed by atoms with Crippen molar-refractivity contribution in [2.24, 2.45) is 50.2 Å². The van der Waals surface area contributed by atoms with Gasteiger partial charge in [0.05, 0.1) is 17.4 Å². The molecule has 4 fully saturated rings. The van der Waals surface area contributed by atoms with E-state index in [-0.39, 0.29) is 51.9 Å². The Morgan fingerprint density at radius 1 is 0.939 bits per heavy atom. The number of halogens is 1. The first kappa shape index (κ1) is 34.9. The quantitative estimate of drug-likeness (QED) is 0.189. The summed E-state index contributed by atoms with van der Waals surface area (Å²) in [6.45, 7) is 14.5. The van der Waals surface area contributed by atoms with Crippen LogP contribution in [0.4, 0.5) is 0 Å². The molecule has 0 heterocycles. The zero-order valence-corrected chi connectivity index (χ0v) is 32.0. The van der Waals surface area contributed by atoms with Crippen LogP contribution in [0.25, 0.3) is 6.08 Å². The lowest BCUT2D eigenvalue weighted by Gasteiger charge is -2.70. The van der Waals surface area contributed by atoms with E-state index in [1.807, 2.05) is 49.4 Å². The van der Waals surface area contributed by atoms with E-state index in [9.17, 15) is 14.7 Å². The number of ether oxygens (including phenoxy) is 1. The number of esters is 1. The number of rotatable bonds is 5. The Balaban J connectivity index is 1.27. The molecule has 8 atom stereocenters. The predicted octanol–water partition coefficient (Wildman–Crippen LogP) is 10.5. The fourth-order valence-corrected chi connectivity index (χ4v) is 12.7. The maximum Gasteiger partial charge on any atom is 0.313 e. The highest BCUT2D eigenvalue weighted by molar-refractivity contribution is 9.10. The summed E-state index contributed by atoms with van der Waals surface area (Å²) in [7, 11) is 0. The predicted molar refractivity (Wildman–Crippen MR) is 199 cm³/mol. The van der Waals surface area contributed by atoms with Crippen LogP contribution >= 0.6 is 15.9 Å². The van der Waals surface area contributed by atoms with Gasteiger partial charge < -0.3 is 9.84 Å². The van der Waals surface area contributed by atoms with Crippen molar-refractivity contribution in [3.63, 3.8) is 0 Å². The largest absolute Gasteiger partial charge is 0.460 e. The highest BCUT2D eigenvalue weighted by Crippen LogP contribution is 2.76. The number of ketones is 1. The summed E-state index contributed by atoms with van der Waals surface area (Å²) in [4.78, 5) is 28.6. The Labute approximate surface area is 302 Å². The summed E-state index contributed by atoms with van der Waals surface area (Å²) in [5, 5.41) is 11.0. The number of hydrogen-bond donors (Lipinski definition) is 1. The van der Waals surface area contributed by atoms with Crippen LogP contribution in [0.5, 0.6) is 0 Å². The first-order chi connectivity index (χ1) is 23.1. The molecule has 5 aliphatic carbocycles. The summed E-state index contributed by atoms with van der Waals surface area (Å²) in [5.41, 5.74) is 3.05. The summed E-state index contributed by atoms with van der Waals surface area (Å²) in [5.74, 6) is 0.739. The zero-order valence-electron chi connectivity index (χ0n) is 30.4. The Hall–Kier alpha value is -2.50. The standard InChI is InChI=1S/C44H55BrO4/c1-39(2)19-21-44(38(48)49-27-29-11-8-7-9-12-29)22-20-42(5)33(34(44)26-39)15-16-36-40(3)25-31(23-30-13-10-14-32(45)24-30)37(47)41(4,28-46)35(40)17-18-43(36,42)6/h7-15,23-24,34-36,46H,16-22,25-28H2,1-6H3/b31-23-/t34-,35+,36+,40-,41-,42+,43+,44-/m0/s1. The number of fused-ring (bicyclic) bond motifs is 7. The third-order valence-corrected chi connectivity index (χ3v) is 15.7. The molecule has 0 bridgehead atoms. The minimum Gasteiger partial charge on any atom is -0.460 e. The number of benzene rings is 2. The molecule has 0 unspecified atom stereocenters. The van der Waals surface area contributed by atoms with Gasteiger partial charge in [0.15, 0.2) is 5.78 Å². The first-order valence-corrected chi connectivity index (χ1v) is 19.4. The SMILES string of the molecule is CC1(C)CC[C@]2(C(=O)OCc3ccccc3)CC[C@]3(C)C(=CC[C@@H]4[C@@]5(C)C/C(=C/c6cccc(Br)c6)C(=O)[C@@](C)(CO)[C@@H]5CC[C@]43C)[C@@H]2C1. The molecule has 262 valence electrons. The molecule has 4 saturated carbocycles. The van der Waals surface area contributed by atoms with E-state index >= 15 is 0 Å². The molecule has 7 rings (SSSR count). The number of aliphatic hydroxyl groups is 1. The van der Waals surface area contributed by atoms with Crippen molar-refractivity contribution in [1.29, 1.82) is 0 Å². The smallest absolute Gasteiger partial charge is 0.313 e. The maximum atomic E-state index is 14.3. The van der Waals surface area contributed by atoms with Crippen molar-refractivity contribution in [1.82, 2.24) is 0 Å². The number of aliphatic hydroxyl groups excluding tert-OH is 1. The van der Waals surface area contributed by atoms with Gasteiger partial charge in [-0.05, 0) is 139 Å². The van der Waals surface area contributed by atoms with Gasteiger partial charge in [-0.2, -0.15) is 0 Å². The molecule has 0 aromatic heterocycles. The zero-order chi connectivity index (χ0) is 35.0. The molecule has 2 aromatic rings. The lowest BCUT2D eigenvalue weighted by atomic mass is 9.33. The topological polar surface area (TPSA) is 63.6 Å². The molecular weight excluding hydrogens is 672 g/mol. The van der Waals surface area contributed by atoms with Crippen molar-refractivity contribution >= 4 is 33.8 Å². The van der Waals surface area contributed by atoms with Crippen LogP contribution in [0.1, 0.15) is 110 Å². The molecule has 1 N–H and O–H groups in total. The van der Waals surface area contributed by atoms with E-state index in [1.54, 1.807) is 0 Å². The van der Waals surface area contributed by atoms with Crippen LogP contribution < -0.4 is 0 Å². The van der Waals surface area contributed by atoms with Crippen LogP contribution in [-0.2, 0) is 20.9 Å². The fraction of sp³-hybridized carbons (Fsp3) is 0.591. The van der Waals surface area contributed by atoms with Gasteiger partial charge in [0.2, 0.25) is 0 Å². The summed E-state index contributed by atoms with van der Waals surface area (Å²) in [6, 6.07) is 18.2. The lowest BCUT2D eigenvalue weighted by Crippen LogP contribution is -2.65. The number of carbonyl (C=O) groups is 2. The van der Waals surface area contributed by atoms with Gasteiger partial charge in [0, 0.05) is 4.47 Å². The Morgan fingerprint density at radius 3 is 2.39 bits per heavy atom. The molecule has 0 radical (unpaired) electrons. The summed E-state index contributed by atoms with van der Waals surface area (Å²) < 4.78 is 7.20. The van der Waals surface area contributed by atoms with Crippen LogP contribution in [0.3, 0.4) is 0 Å². The Kier molecular flexibility index (Phi) is 8.58. The minimum atomic E-state index is -0.811. The molecule has 5 aliphatic rings. The number of carbonyl (C=O) groups excluding carboxylic acids is 2. The molecule has 2 aromatic carbocycles. The van der Waals surface area contributed by atoms with Crippen molar-refractivity contribution in [2.75, 3.05) is 6.61 Å². The second-order valence-electron chi connectivity index (χ2n) is 18.2. The lowest BCUT2D eigenvalue weighted by molar-refractivity contribution is -0.191. The van der Waals surface area contributed by atoms with Gasteiger partial charge in [-0.25, -0.2) is 0 Å². The van der Waals surface area contributed by atoms with Gasteiger partial charge >= 0.3 is 5.97 Å². The third-order valence-electron chi connectivity index (χ3n) is 15.2. The molecule has 0 aliphatic heterocycles. The Bertz CT molecular complexity index is 1710. The van der Waals surface area contributed by atoms with Crippen LogP contribution in [0.15, 0.2) is 76.3 Å². The third kappa shape index (κ3) is 5.30. The van der Waals surface area contributed by atoms with E-state index in [4.69, 9.17) is 4.74 Å². The molecule has 5 heteroatoms. The fourth-order valence-electron chi connectivity index (χ4n) is 12.2. The van der Waals surface area contributed by atoms with E-state index in [2.05, 4.69) is 74.8 Å². The van der Waals surface area contributed by atoms with Crippen LogP contribution in [0.2, 0.25) is 0 Å².